The molecule has 5 nitrogen and oxygen atoms in total. The third-order valence-electron chi connectivity index (χ3n) is 2.69. The smallest absolute Gasteiger partial charge is 0.251 e. The number of phenolic OH excluding ortho intramolecular Hbond substituents is 1. The van der Waals surface area contributed by atoms with Crippen molar-refractivity contribution >= 4 is 5.91 Å². The van der Waals surface area contributed by atoms with Gasteiger partial charge < -0.3 is 20.9 Å². The molecule has 0 saturated carbocycles. The molecule has 0 aliphatic rings. The summed E-state index contributed by atoms with van der Waals surface area (Å²) in [6.07, 6.45) is 0.650. The van der Waals surface area contributed by atoms with E-state index in [0.29, 0.717) is 25.1 Å². The molecule has 0 saturated heterocycles. The Kier molecular flexibility index (Phi) is 5.61. The topological polar surface area (TPSA) is 84.6 Å². The first kappa shape index (κ1) is 14.5. The molecular formula is C13H20N2O3. The van der Waals surface area contributed by atoms with Crippen LogP contribution in [0.4, 0.5) is 0 Å². The summed E-state index contributed by atoms with van der Waals surface area (Å²) in [5, 5.41) is 12.4. The number of rotatable bonds is 6. The van der Waals surface area contributed by atoms with Gasteiger partial charge in [-0.05, 0) is 37.6 Å². The van der Waals surface area contributed by atoms with Gasteiger partial charge in [-0.15, -0.1) is 0 Å². The molecule has 100 valence electrons. The molecule has 0 radical (unpaired) electrons. The lowest BCUT2D eigenvalue weighted by atomic mass is 10.1. The quantitative estimate of drug-likeness (QED) is 0.699. The normalized spacial score (nSPS) is 12.2. The fraction of sp³-hybridized carbons (Fsp3) is 0.462. The third kappa shape index (κ3) is 4.01. The van der Waals surface area contributed by atoms with Crippen LogP contribution < -0.4 is 11.1 Å². The highest BCUT2D eigenvalue weighted by molar-refractivity contribution is 5.94. The number of phenols is 1. The van der Waals surface area contributed by atoms with E-state index in [0.717, 1.165) is 5.56 Å². The predicted octanol–water partition coefficient (Wildman–Crippen LogP) is 0.794. The lowest BCUT2D eigenvalue weighted by Crippen LogP contribution is -2.39. The fourth-order valence-electron chi connectivity index (χ4n) is 1.62. The van der Waals surface area contributed by atoms with Crippen LogP contribution in [-0.2, 0) is 4.74 Å². The van der Waals surface area contributed by atoms with Crippen LogP contribution in [0.25, 0.3) is 0 Å². The second-order valence-corrected chi connectivity index (χ2v) is 4.20. The number of carbonyl (C=O) groups excluding carboxylic acids is 1. The molecule has 0 bridgehead atoms. The lowest BCUT2D eigenvalue weighted by molar-refractivity contribution is 0.0893. The largest absolute Gasteiger partial charge is 0.508 e. The first-order chi connectivity index (χ1) is 8.58. The van der Waals surface area contributed by atoms with E-state index in [9.17, 15) is 9.90 Å². The van der Waals surface area contributed by atoms with Crippen molar-refractivity contribution in [3.63, 3.8) is 0 Å². The van der Waals surface area contributed by atoms with Crippen LogP contribution in [0.1, 0.15) is 22.3 Å². The first-order valence-electron chi connectivity index (χ1n) is 5.88. The summed E-state index contributed by atoms with van der Waals surface area (Å²) in [6.45, 7) is 2.67. The second kappa shape index (κ2) is 6.98. The molecule has 0 aromatic heterocycles. The maximum Gasteiger partial charge on any atom is 0.251 e. The molecule has 1 atom stereocenters. The van der Waals surface area contributed by atoms with Crippen LogP contribution in [0.5, 0.6) is 5.75 Å². The van der Waals surface area contributed by atoms with E-state index in [-0.39, 0.29) is 17.7 Å². The van der Waals surface area contributed by atoms with Gasteiger partial charge in [-0.2, -0.15) is 0 Å². The summed E-state index contributed by atoms with van der Waals surface area (Å²) in [5.74, 6) is -0.120. The number of hydrogen-bond donors (Lipinski definition) is 3. The highest BCUT2D eigenvalue weighted by atomic mass is 16.5. The molecule has 0 aliphatic heterocycles. The highest BCUT2D eigenvalue weighted by Gasteiger charge is 2.13. The predicted molar refractivity (Wildman–Crippen MR) is 69.6 cm³/mol. The Bertz CT molecular complexity index is 401. The van der Waals surface area contributed by atoms with Crippen LogP contribution in [0, 0.1) is 6.92 Å². The minimum Gasteiger partial charge on any atom is -0.508 e. The van der Waals surface area contributed by atoms with Crippen LogP contribution in [0.2, 0.25) is 0 Å². The summed E-state index contributed by atoms with van der Waals surface area (Å²) < 4.78 is 5.02. The standard InChI is InChI=1S/C13H20N2O3/c1-9-3-4-10(7-12(9)16)13(17)15-11(5-6-14)8-18-2/h3-4,7,11,16H,5-6,8,14H2,1-2H3,(H,15,17). The van der Waals surface area contributed by atoms with Gasteiger partial charge >= 0.3 is 0 Å². The molecule has 5 heteroatoms. The average Bonchev–Trinajstić information content (AvgIpc) is 2.33. The van der Waals surface area contributed by atoms with Crippen molar-refractivity contribution in [3.05, 3.63) is 29.3 Å². The monoisotopic (exact) mass is 252 g/mol. The Morgan fingerprint density at radius 2 is 2.28 bits per heavy atom. The zero-order valence-corrected chi connectivity index (χ0v) is 10.8. The minimum atomic E-state index is -0.235. The van der Waals surface area contributed by atoms with Gasteiger partial charge in [0.25, 0.3) is 5.91 Å². The fourth-order valence-corrected chi connectivity index (χ4v) is 1.62. The van der Waals surface area contributed by atoms with Crippen molar-refractivity contribution in [1.82, 2.24) is 5.32 Å². The zero-order chi connectivity index (χ0) is 13.5. The summed E-state index contributed by atoms with van der Waals surface area (Å²) >= 11 is 0. The van der Waals surface area contributed by atoms with Gasteiger partial charge in [0.1, 0.15) is 5.75 Å². The molecule has 0 fully saturated rings. The summed E-state index contributed by atoms with van der Waals surface area (Å²) in [7, 11) is 1.58. The SMILES string of the molecule is COCC(CCN)NC(=O)c1ccc(C)c(O)c1. The van der Waals surface area contributed by atoms with Gasteiger partial charge in [0.15, 0.2) is 0 Å². The Balaban J connectivity index is 2.70. The summed E-state index contributed by atoms with van der Waals surface area (Å²) in [6, 6.07) is 4.72. The number of methoxy groups -OCH3 is 1. The van der Waals surface area contributed by atoms with Crippen molar-refractivity contribution in [3.8, 4) is 5.75 Å². The number of nitrogens with two attached hydrogens (primary N) is 1. The van der Waals surface area contributed by atoms with Crippen LogP contribution in [0.3, 0.4) is 0 Å². The van der Waals surface area contributed by atoms with E-state index < -0.39 is 0 Å². The third-order valence-corrected chi connectivity index (χ3v) is 2.69. The number of aromatic hydroxyl groups is 1. The molecule has 1 unspecified atom stereocenters. The maximum absolute atomic E-state index is 11.9. The number of benzene rings is 1. The molecule has 1 amide bonds. The van der Waals surface area contributed by atoms with E-state index in [4.69, 9.17) is 10.5 Å². The molecule has 18 heavy (non-hydrogen) atoms. The molecule has 1 aromatic rings. The number of nitrogens with one attached hydrogen (secondary N) is 1. The van der Waals surface area contributed by atoms with Crippen LogP contribution in [-0.4, -0.2) is 37.3 Å². The Morgan fingerprint density at radius 1 is 1.56 bits per heavy atom. The molecule has 1 aromatic carbocycles. The molecule has 0 aliphatic carbocycles. The number of hydrogen-bond acceptors (Lipinski definition) is 4. The van der Waals surface area contributed by atoms with Gasteiger partial charge in [0.2, 0.25) is 0 Å². The van der Waals surface area contributed by atoms with Crippen molar-refractivity contribution in [2.75, 3.05) is 20.3 Å². The van der Waals surface area contributed by atoms with Crippen molar-refractivity contribution < 1.29 is 14.6 Å². The van der Waals surface area contributed by atoms with Crippen LogP contribution in [0.15, 0.2) is 18.2 Å². The average molecular weight is 252 g/mol. The summed E-state index contributed by atoms with van der Waals surface area (Å²) in [5.41, 5.74) is 6.64. The van der Waals surface area contributed by atoms with E-state index in [1.165, 1.54) is 6.07 Å². The first-order valence-corrected chi connectivity index (χ1v) is 5.88. The van der Waals surface area contributed by atoms with E-state index in [2.05, 4.69) is 5.32 Å². The van der Waals surface area contributed by atoms with Gasteiger partial charge in [0.05, 0.1) is 12.6 Å². The highest BCUT2D eigenvalue weighted by Crippen LogP contribution is 2.17. The maximum atomic E-state index is 11.9. The van der Waals surface area contributed by atoms with E-state index in [1.807, 2.05) is 0 Å². The lowest BCUT2D eigenvalue weighted by Gasteiger charge is -2.17. The number of ether oxygens (including phenoxy) is 1. The van der Waals surface area contributed by atoms with Crippen LogP contribution >= 0.6 is 0 Å². The number of aryl methyl sites for hydroxylation is 1. The molecule has 0 spiro atoms. The van der Waals surface area contributed by atoms with Crippen molar-refractivity contribution in [2.24, 2.45) is 5.73 Å². The summed E-state index contributed by atoms with van der Waals surface area (Å²) in [4.78, 5) is 11.9. The van der Waals surface area contributed by atoms with E-state index >= 15 is 0 Å². The van der Waals surface area contributed by atoms with Gasteiger partial charge in [-0.1, -0.05) is 6.07 Å². The molecule has 4 N–H and O–H groups in total. The molecule has 1 rings (SSSR count). The van der Waals surface area contributed by atoms with E-state index in [1.54, 1.807) is 26.2 Å². The Hall–Kier alpha value is -1.59. The van der Waals surface area contributed by atoms with Gasteiger partial charge in [-0.3, -0.25) is 4.79 Å². The Morgan fingerprint density at radius 3 is 2.83 bits per heavy atom. The second-order valence-electron chi connectivity index (χ2n) is 4.20. The van der Waals surface area contributed by atoms with Gasteiger partial charge in [0, 0.05) is 12.7 Å². The van der Waals surface area contributed by atoms with Crippen molar-refractivity contribution in [1.29, 1.82) is 0 Å². The van der Waals surface area contributed by atoms with Crippen molar-refractivity contribution in [2.45, 2.75) is 19.4 Å². The number of amides is 1. The zero-order valence-electron chi connectivity index (χ0n) is 10.8. The number of carbonyl (C=O) groups is 1. The molecule has 0 heterocycles. The minimum absolute atomic E-state index is 0.115. The van der Waals surface area contributed by atoms with Gasteiger partial charge in [-0.25, -0.2) is 0 Å². The Labute approximate surface area is 107 Å². The molecular weight excluding hydrogens is 232 g/mol.